The van der Waals surface area contributed by atoms with E-state index in [1.165, 1.54) is 17.7 Å². The van der Waals surface area contributed by atoms with Crippen molar-refractivity contribution in [2.75, 3.05) is 20.8 Å². The average molecular weight is 429 g/mol. The molecular weight excluding hydrogens is 395 g/mol. The molecule has 0 bridgehead atoms. The molecule has 2 aromatic rings. The fourth-order valence-corrected chi connectivity index (χ4v) is 4.26. The van der Waals surface area contributed by atoms with Gasteiger partial charge in [0.25, 0.3) is 0 Å². The lowest BCUT2D eigenvalue weighted by atomic mass is 9.86. The van der Waals surface area contributed by atoms with Crippen molar-refractivity contribution in [3.05, 3.63) is 58.9 Å². The van der Waals surface area contributed by atoms with Gasteiger partial charge in [0.15, 0.2) is 11.5 Å². The normalized spacial score (nSPS) is 17.2. The van der Waals surface area contributed by atoms with Gasteiger partial charge in [0.1, 0.15) is 5.82 Å². The van der Waals surface area contributed by atoms with Crippen LogP contribution in [0.5, 0.6) is 11.5 Å². The molecule has 0 saturated heterocycles. The molecule has 6 heteroatoms. The van der Waals surface area contributed by atoms with Crippen LogP contribution in [0.25, 0.3) is 0 Å². The van der Waals surface area contributed by atoms with Gasteiger partial charge in [-0.2, -0.15) is 0 Å². The Hall–Kier alpha value is -2.60. The third-order valence-corrected chi connectivity index (χ3v) is 6.00. The van der Waals surface area contributed by atoms with Gasteiger partial charge < -0.3 is 14.8 Å². The minimum Gasteiger partial charge on any atom is -0.493 e. The minimum atomic E-state index is -0.239. The van der Waals surface area contributed by atoms with E-state index in [4.69, 9.17) is 9.47 Å². The predicted octanol–water partition coefficient (Wildman–Crippen LogP) is 4.49. The van der Waals surface area contributed by atoms with E-state index in [0.717, 1.165) is 30.5 Å². The summed E-state index contributed by atoms with van der Waals surface area (Å²) in [5, 5.41) is 3.26. The standard InChI is InChI=1S/C25H33FN2O3/c1-6-21(27-25(29)16(2)3)24-20-14-23(31-5)22(30-4)13-18(20)11-12-28(24)15-17-7-9-19(26)10-8-17/h7-10,13-14,16,21,24H,6,11-12,15H2,1-5H3,(H,27,29). The number of nitrogens with zero attached hydrogens (tertiary/aromatic N) is 1. The molecule has 31 heavy (non-hydrogen) atoms. The number of carbonyl (C=O) groups excluding carboxylic acids is 1. The summed E-state index contributed by atoms with van der Waals surface area (Å²) in [7, 11) is 3.28. The topological polar surface area (TPSA) is 50.8 Å². The van der Waals surface area contributed by atoms with Gasteiger partial charge in [-0.1, -0.05) is 32.9 Å². The molecule has 0 saturated carbocycles. The highest BCUT2D eigenvalue weighted by molar-refractivity contribution is 5.78. The summed E-state index contributed by atoms with van der Waals surface area (Å²) < 4.78 is 24.5. The number of rotatable bonds is 8. The van der Waals surface area contributed by atoms with Crippen molar-refractivity contribution in [1.29, 1.82) is 0 Å². The van der Waals surface area contributed by atoms with Gasteiger partial charge >= 0.3 is 0 Å². The maximum absolute atomic E-state index is 13.4. The van der Waals surface area contributed by atoms with E-state index in [0.29, 0.717) is 18.0 Å². The first-order chi connectivity index (χ1) is 14.9. The highest BCUT2D eigenvalue weighted by Gasteiger charge is 2.35. The molecule has 0 aliphatic carbocycles. The summed E-state index contributed by atoms with van der Waals surface area (Å²) in [6.45, 7) is 7.41. The van der Waals surface area contributed by atoms with Crippen molar-refractivity contribution in [2.24, 2.45) is 5.92 Å². The number of hydrogen-bond acceptors (Lipinski definition) is 4. The summed E-state index contributed by atoms with van der Waals surface area (Å²) in [5.41, 5.74) is 3.39. The van der Waals surface area contributed by atoms with E-state index in [9.17, 15) is 9.18 Å². The van der Waals surface area contributed by atoms with Gasteiger partial charge in [-0.05, 0) is 53.8 Å². The van der Waals surface area contributed by atoms with E-state index < -0.39 is 0 Å². The Morgan fingerprint density at radius 1 is 1.16 bits per heavy atom. The van der Waals surface area contributed by atoms with E-state index in [2.05, 4.69) is 17.1 Å². The summed E-state index contributed by atoms with van der Waals surface area (Å²) in [6.07, 6.45) is 1.65. The summed E-state index contributed by atoms with van der Waals surface area (Å²) in [4.78, 5) is 14.9. The highest BCUT2D eigenvalue weighted by Crippen LogP contribution is 2.40. The van der Waals surface area contributed by atoms with E-state index >= 15 is 0 Å². The Morgan fingerprint density at radius 3 is 2.39 bits per heavy atom. The summed E-state index contributed by atoms with van der Waals surface area (Å²) >= 11 is 0. The lowest BCUT2D eigenvalue weighted by Crippen LogP contribution is -2.49. The van der Waals surface area contributed by atoms with Gasteiger partial charge in [-0.3, -0.25) is 9.69 Å². The largest absolute Gasteiger partial charge is 0.493 e. The fraction of sp³-hybridized carbons (Fsp3) is 0.480. The number of fused-ring (bicyclic) bond motifs is 1. The SMILES string of the molecule is CCC(NC(=O)C(C)C)C1c2cc(OC)c(OC)cc2CCN1Cc1ccc(F)cc1. The summed E-state index contributed by atoms with van der Waals surface area (Å²) in [6, 6.07) is 10.6. The van der Waals surface area contributed by atoms with Gasteiger partial charge in [0.2, 0.25) is 5.91 Å². The van der Waals surface area contributed by atoms with Crippen molar-refractivity contribution in [3.63, 3.8) is 0 Å². The van der Waals surface area contributed by atoms with Crippen molar-refractivity contribution >= 4 is 5.91 Å². The van der Waals surface area contributed by atoms with Crippen LogP contribution in [0.15, 0.2) is 36.4 Å². The number of halogens is 1. The number of benzene rings is 2. The molecule has 1 N–H and O–H groups in total. The number of hydrogen-bond donors (Lipinski definition) is 1. The lowest BCUT2D eigenvalue weighted by molar-refractivity contribution is -0.125. The van der Waals surface area contributed by atoms with Gasteiger partial charge in [0, 0.05) is 25.0 Å². The zero-order chi connectivity index (χ0) is 22.5. The maximum Gasteiger partial charge on any atom is 0.222 e. The van der Waals surface area contributed by atoms with Crippen LogP contribution in [0.3, 0.4) is 0 Å². The maximum atomic E-state index is 13.4. The Balaban J connectivity index is 2.02. The molecule has 2 atom stereocenters. The third kappa shape index (κ3) is 5.18. The van der Waals surface area contributed by atoms with Gasteiger partial charge in [0.05, 0.1) is 20.3 Å². The lowest BCUT2D eigenvalue weighted by Gasteiger charge is -2.42. The van der Waals surface area contributed by atoms with Crippen molar-refractivity contribution in [1.82, 2.24) is 10.2 Å². The first kappa shape index (κ1) is 23.1. The Bertz CT molecular complexity index is 898. The number of methoxy groups -OCH3 is 2. The molecule has 3 rings (SSSR count). The predicted molar refractivity (Wildman–Crippen MR) is 120 cm³/mol. The first-order valence-electron chi connectivity index (χ1n) is 10.9. The van der Waals surface area contributed by atoms with Crippen LogP contribution in [-0.2, 0) is 17.8 Å². The highest BCUT2D eigenvalue weighted by atomic mass is 19.1. The second-order valence-electron chi connectivity index (χ2n) is 8.38. The van der Waals surface area contributed by atoms with Gasteiger partial charge in [-0.25, -0.2) is 4.39 Å². The van der Waals surface area contributed by atoms with E-state index in [1.807, 2.05) is 38.1 Å². The molecule has 2 aromatic carbocycles. The fourth-order valence-electron chi connectivity index (χ4n) is 4.26. The third-order valence-electron chi connectivity index (χ3n) is 6.00. The zero-order valence-corrected chi connectivity index (χ0v) is 19.1. The average Bonchev–Trinajstić information content (AvgIpc) is 2.77. The van der Waals surface area contributed by atoms with Gasteiger partial charge in [-0.15, -0.1) is 0 Å². The first-order valence-corrected chi connectivity index (χ1v) is 10.9. The molecule has 2 unspecified atom stereocenters. The molecule has 1 aliphatic rings. The van der Waals surface area contributed by atoms with Crippen LogP contribution in [-0.4, -0.2) is 37.6 Å². The monoisotopic (exact) mass is 428 g/mol. The van der Waals surface area contributed by atoms with E-state index in [1.54, 1.807) is 14.2 Å². The quantitative estimate of drug-likeness (QED) is 0.673. The van der Waals surface area contributed by atoms with E-state index in [-0.39, 0.29) is 29.7 Å². The second-order valence-corrected chi connectivity index (χ2v) is 8.38. The number of ether oxygens (including phenoxy) is 2. The zero-order valence-electron chi connectivity index (χ0n) is 19.1. The molecule has 0 aromatic heterocycles. The smallest absolute Gasteiger partial charge is 0.222 e. The van der Waals surface area contributed by atoms with Crippen molar-refractivity contribution < 1.29 is 18.7 Å². The summed E-state index contributed by atoms with van der Waals surface area (Å²) in [5.74, 6) is 1.11. The Morgan fingerprint density at radius 2 is 1.81 bits per heavy atom. The molecule has 0 fully saturated rings. The molecule has 1 aliphatic heterocycles. The molecule has 0 spiro atoms. The number of nitrogens with one attached hydrogen (secondary N) is 1. The van der Waals surface area contributed by atoms with Crippen LogP contribution >= 0.6 is 0 Å². The van der Waals surface area contributed by atoms with Crippen LogP contribution in [0.1, 0.15) is 49.9 Å². The minimum absolute atomic E-state index is 0.0266. The molecule has 0 radical (unpaired) electrons. The van der Waals surface area contributed by atoms with Crippen LogP contribution in [0, 0.1) is 11.7 Å². The second kappa shape index (κ2) is 10.1. The molecular formula is C25H33FN2O3. The molecule has 5 nitrogen and oxygen atoms in total. The Kier molecular flexibility index (Phi) is 7.55. The Labute approximate surface area is 184 Å². The number of carbonyl (C=O) groups is 1. The van der Waals surface area contributed by atoms with Crippen molar-refractivity contribution in [3.8, 4) is 11.5 Å². The van der Waals surface area contributed by atoms with Crippen LogP contribution in [0.4, 0.5) is 4.39 Å². The van der Waals surface area contributed by atoms with Crippen molar-refractivity contribution in [2.45, 2.75) is 52.2 Å². The molecule has 168 valence electrons. The van der Waals surface area contributed by atoms with Crippen LogP contribution in [0.2, 0.25) is 0 Å². The molecule has 1 heterocycles. The van der Waals surface area contributed by atoms with Crippen LogP contribution < -0.4 is 14.8 Å². The molecule has 1 amide bonds. The number of amides is 1.